The highest BCUT2D eigenvalue weighted by atomic mass is 79.9. The molecule has 0 aromatic heterocycles. The number of benzene rings is 2. The van der Waals surface area contributed by atoms with Gasteiger partial charge in [0.2, 0.25) is 0 Å². The summed E-state index contributed by atoms with van der Waals surface area (Å²) in [6, 6.07) is 14.6. The Hall–Kier alpha value is -1.02. The minimum absolute atomic E-state index is 0.592. The smallest absolute Gasteiger partial charge is 0.127 e. The summed E-state index contributed by atoms with van der Waals surface area (Å²) in [5.41, 5.74) is 0. The Kier molecular flexibility index (Phi) is 5.06. The summed E-state index contributed by atoms with van der Waals surface area (Å²) in [6.45, 7) is 3.00. The van der Waals surface area contributed by atoms with Gasteiger partial charge in [-0.1, -0.05) is 65.7 Å². The molecule has 2 aromatic carbocycles. The van der Waals surface area contributed by atoms with Gasteiger partial charge in [0.15, 0.2) is 0 Å². The number of hydrogen-bond acceptors (Lipinski definition) is 1. The van der Waals surface area contributed by atoms with Crippen LogP contribution in [-0.2, 0) is 0 Å². The molecule has 0 N–H and O–H groups in total. The van der Waals surface area contributed by atoms with E-state index in [0.29, 0.717) is 5.92 Å². The lowest BCUT2D eigenvalue weighted by Gasteiger charge is -2.15. The monoisotopic (exact) mass is 306 g/mol. The Balaban J connectivity index is 2.11. The molecule has 2 aromatic rings. The Labute approximate surface area is 117 Å². The average Bonchev–Trinajstić information content (AvgIpc) is 2.43. The normalized spacial score (nSPS) is 12.6. The van der Waals surface area contributed by atoms with E-state index in [1.165, 1.54) is 23.6 Å². The lowest BCUT2D eigenvalue weighted by atomic mass is 10.1. The van der Waals surface area contributed by atoms with Gasteiger partial charge in [-0.2, -0.15) is 0 Å². The number of ether oxygens (including phenoxy) is 1. The van der Waals surface area contributed by atoms with Crippen LogP contribution in [-0.4, -0.2) is 11.9 Å². The van der Waals surface area contributed by atoms with Crippen LogP contribution in [0.1, 0.15) is 19.8 Å². The molecule has 0 amide bonds. The minimum atomic E-state index is 0.592. The second kappa shape index (κ2) is 6.79. The van der Waals surface area contributed by atoms with Crippen molar-refractivity contribution in [2.24, 2.45) is 5.92 Å². The molecule has 96 valence electrons. The summed E-state index contributed by atoms with van der Waals surface area (Å²) in [5, 5.41) is 3.44. The molecule has 0 fully saturated rings. The Morgan fingerprint density at radius 2 is 1.89 bits per heavy atom. The van der Waals surface area contributed by atoms with Gasteiger partial charge in [0.25, 0.3) is 0 Å². The van der Waals surface area contributed by atoms with Gasteiger partial charge < -0.3 is 4.74 Å². The predicted molar refractivity (Wildman–Crippen MR) is 81.6 cm³/mol. The van der Waals surface area contributed by atoms with Gasteiger partial charge in [0.05, 0.1) is 6.61 Å². The number of rotatable bonds is 6. The lowest BCUT2D eigenvalue weighted by molar-refractivity contribution is 0.258. The van der Waals surface area contributed by atoms with E-state index in [1.54, 1.807) is 0 Å². The third-order valence-electron chi connectivity index (χ3n) is 3.14. The van der Waals surface area contributed by atoms with E-state index in [1.807, 2.05) is 0 Å². The Morgan fingerprint density at radius 1 is 1.11 bits per heavy atom. The van der Waals surface area contributed by atoms with Crippen LogP contribution in [0.3, 0.4) is 0 Å². The molecule has 0 saturated carbocycles. The average molecular weight is 307 g/mol. The van der Waals surface area contributed by atoms with Gasteiger partial charge in [-0.3, -0.25) is 0 Å². The summed E-state index contributed by atoms with van der Waals surface area (Å²) in [5.74, 6) is 1.59. The first-order valence-corrected chi connectivity index (χ1v) is 7.63. The molecule has 0 heterocycles. The van der Waals surface area contributed by atoms with Crippen molar-refractivity contribution in [3.63, 3.8) is 0 Å². The maximum atomic E-state index is 5.99. The van der Waals surface area contributed by atoms with E-state index in [2.05, 4.69) is 65.3 Å². The zero-order chi connectivity index (χ0) is 12.8. The van der Waals surface area contributed by atoms with Gasteiger partial charge >= 0.3 is 0 Å². The number of fused-ring (bicyclic) bond motifs is 1. The van der Waals surface area contributed by atoms with Crippen LogP contribution in [0, 0.1) is 5.92 Å². The molecule has 0 bridgehead atoms. The molecule has 0 aliphatic carbocycles. The second-order valence-corrected chi connectivity index (χ2v) is 5.24. The number of alkyl halides is 1. The Bertz CT molecular complexity index is 490. The largest absolute Gasteiger partial charge is 0.493 e. The van der Waals surface area contributed by atoms with E-state index in [4.69, 9.17) is 4.74 Å². The van der Waals surface area contributed by atoms with Crippen LogP contribution >= 0.6 is 15.9 Å². The van der Waals surface area contributed by atoms with Crippen molar-refractivity contribution in [1.82, 2.24) is 0 Å². The first kappa shape index (κ1) is 13.4. The third kappa shape index (κ3) is 3.26. The molecule has 0 aliphatic rings. The van der Waals surface area contributed by atoms with E-state index < -0.39 is 0 Å². The van der Waals surface area contributed by atoms with Crippen LogP contribution in [0.5, 0.6) is 5.75 Å². The molecular formula is C16H19BrO. The van der Waals surface area contributed by atoms with Gasteiger partial charge in [-0.05, 0) is 17.9 Å². The molecule has 0 aliphatic heterocycles. The lowest BCUT2D eigenvalue weighted by Crippen LogP contribution is -2.13. The molecule has 18 heavy (non-hydrogen) atoms. The molecule has 1 atom stereocenters. The van der Waals surface area contributed by atoms with Crippen molar-refractivity contribution < 1.29 is 4.74 Å². The van der Waals surface area contributed by atoms with Crippen LogP contribution in [0.4, 0.5) is 0 Å². The summed E-state index contributed by atoms with van der Waals surface area (Å²) < 4.78 is 5.99. The van der Waals surface area contributed by atoms with E-state index in [-0.39, 0.29) is 0 Å². The van der Waals surface area contributed by atoms with Crippen molar-refractivity contribution in [2.75, 3.05) is 11.9 Å². The van der Waals surface area contributed by atoms with Crippen molar-refractivity contribution >= 4 is 26.7 Å². The van der Waals surface area contributed by atoms with Gasteiger partial charge in [-0.25, -0.2) is 0 Å². The summed E-state index contributed by atoms with van der Waals surface area (Å²) >= 11 is 3.56. The van der Waals surface area contributed by atoms with Crippen molar-refractivity contribution in [2.45, 2.75) is 19.8 Å². The van der Waals surface area contributed by atoms with Crippen LogP contribution < -0.4 is 4.74 Å². The van der Waals surface area contributed by atoms with Crippen LogP contribution in [0.2, 0.25) is 0 Å². The summed E-state index contributed by atoms with van der Waals surface area (Å²) in [4.78, 5) is 0. The number of hydrogen-bond donors (Lipinski definition) is 0. The summed E-state index contributed by atoms with van der Waals surface area (Å²) in [6.07, 6.45) is 2.41. The molecule has 1 nitrogen and oxygen atoms in total. The zero-order valence-electron chi connectivity index (χ0n) is 10.7. The standard InChI is InChI=1S/C16H19BrO/c1-2-6-13(11-17)12-18-16-10-5-8-14-7-3-4-9-15(14)16/h3-5,7-10,13H,2,6,11-12H2,1H3. The molecular weight excluding hydrogens is 288 g/mol. The molecule has 0 spiro atoms. The van der Waals surface area contributed by atoms with Gasteiger partial charge in [-0.15, -0.1) is 0 Å². The highest BCUT2D eigenvalue weighted by Gasteiger charge is 2.08. The maximum absolute atomic E-state index is 5.99. The van der Waals surface area contributed by atoms with E-state index >= 15 is 0 Å². The van der Waals surface area contributed by atoms with Crippen molar-refractivity contribution in [1.29, 1.82) is 0 Å². The van der Waals surface area contributed by atoms with Gasteiger partial charge in [0.1, 0.15) is 5.75 Å². The summed E-state index contributed by atoms with van der Waals surface area (Å²) in [7, 11) is 0. The molecule has 2 heteroatoms. The van der Waals surface area contributed by atoms with E-state index in [0.717, 1.165) is 17.7 Å². The maximum Gasteiger partial charge on any atom is 0.127 e. The topological polar surface area (TPSA) is 9.23 Å². The first-order chi connectivity index (χ1) is 8.85. The van der Waals surface area contributed by atoms with Crippen molar-refractivity contribution in [3.8, 4) is 5.75 Å². The molecule has 0 saturated heterocycles. The van der Waals surface area contributed by atoms with Crippen LogP contribution in [0.25, 0.3) is 10.8 Å². The highest BCUT2D eigenvalue weighted by Crippen LogP contribution is 2.26. The van der Waals surface area contributed by atoms with Crippen molar-refractivity contribution in [3.05, 3.63) is 42.5 Å². The molecule has 0 radical (unpaired) electrons. The fourth-order valence-corrected chi connectivity index (χ4v) is 2.65. The van der Waals surface area contributed by atoms with Gasteiger partial charge in [0, 0.05) is 16.6 Å². The quantitative estimate of drug-likeness (QED) is 0.680. The zero-order valence-corrected chi connectivity index (χ0v) is 12.3. The van der Waals surface area contributed by atoms with E-state index in [9.17, 15) is 0 Å². The SMILES string of the molecule is CCCC(CBr)COc1cccc2ccccc12. The molecule has 2 rings (SSSR count). The number of halogens is 1. The fraction of sp³-hybridized carbons (Fsp3) is 0.375. The first-order valence-electron chi connectivity index (χ1n) is 6.51. The second-order valence-electron chi connectivity index (χ2n) is 4.60. The minimum Gasteiger partial charge on any atom is -0.493 e. The highest BCUT2D eigenvalue weighted by molar-refractivity contribution is 9.09. The fourth-order valence-electron chi connectivity index (χ4n) is 2.14. The van der Waals surface area contributed by atoms with Crippen LogP contribution in [0.15, 0.2) is 42.5 Å². The molecule has 1 unspecified atom stereocenters. The predicted octanol–water partition coefficient (Wildman–Crippen LogP) is 5.03. The Morgan fingerprint density at radius 3 is 2.67 bits per heavy atom. The third-order valence-corrected chi connectivity index (χ3v) is 4.05.